The molecule has 1 aliphatic heterocycles. The first kappa shape index (κ1) is 13.5. The van der Waals surface area contributed by atoms with Crippen LogP contribution in [0.4, 0.5) is 0 Å². The number of rotatable bonds is 3. The van der Waals surface area contributed by atoms with Crippen molar-refractivity contribution in [1.82, 2.24) is 4.90 Å². The second kappa shape index (κ2) is 5.15. The highest BCUT2D eigenvalue weighted by Gasteiger charge is 2.32. The van der Waals surface area contributed by atoms with Gasteiger partial charge in [-0.2, -0.15) is 0 Å². The van der Waals surface area contributed by atoms with Crippen molar-refractivity contribution in [3.05, 3.63) is 0 Å². The summed E-state index contributed by atoms with van der Waals surface area (Å²) in [6, 6.07) is 0.351. The molecule has 4 heteroatoms. The minimum absolute atomic E-state index is 0.0241. The van der Waals surface area contributed by atoms with E-state index in [1.54, 1.807) is 0 Å². The third kappa shape index (κ3) is 4.49. The van der Waals surface area contributed by atoms with Gasteiger partial charge >= 0.3 is 5.97 Å². The maximum Gasteiger partial charge on any atom is 0.302 e. The summed E-state index contributed by atoms with van der Waals surface area (Å²) in [4.78, 5) is 13.1. The number of likely N-dealkylation sites (N-methyl/N-ethyl adjacent to an activating group) is 1. The summed E-state index contributed by atoms with van der Waals surface area (Å²) in [5.74, 6) is -0.198. The number of esters is 1. The molecule has 0 aromatic carbocycles. The van der Waals surface area contributed by atoms with Crippen LogP contribution in [0.2, 0.25) is 0 Å². The minimum Gasteiger partial charge on any atom is -0.461 e. The topological polar surface area (TPSA) is 38.8 Å². The van der Waals surface area contributed by atoms with Gasteiger partial charge in [0, 0.05) is 25.9 Å². The summed E-state index contributed by atoms with van der Waals surface area (Å²) in [7, 11) is 2.04. The van der Waals surface area contributed by atoms with Gasteiger partial charge in [-0.25, -0.2) is 0 Å². The van der Waals surface area contributed by atoms with Crippen molar-refractivity contribution in [2.24, 2.45) is 0 Å². The van der Waals surface area contributed by atoms with E-state index in [0.29, 0.717) is 12.6 Å². The molecule has 0 radical (unpaired) electrons. The van der Waals surface area contributed by atoms with Gasteiger partial charge in [0.05, 0.1) is 12.2 Å². The minimum atomic E-state index is -0.198. The van der Waals surface area contributed by atoms with Crippen LogP contribution in [0.1, 0.15) is 34.1 Å². The molecule has 1 heterocycles. The van der Waals surface area contributed by atoms with Gasteiger partial charge in [-0.1, -0.05) is 0 Å². The maximum absolute atomic E-state index is 10.9. The van der Waals surface area contributed by atoms with E-state index in [-0.39, 0.29) is 17.7 Å². The smallest absolute Gasteiger partial charge is 0.302 e. The Kier molecular flexibility index (Phi) is 4.33. The molecule has 4 nitrogen and oxygen atoms in total. The monoisotopic (exact) mass is 229 g/mol. The molecule has 0 aromatic rings. The number of hydrogen-bond donors (Lipinski definition) is 0. The van der Waals surface area contributed by atoms with Crippen molar-refractivity contribution >= 4 is 5.97 Å². The van der Waals surface area contributed by atoms with Gasteiger partial charge in [-0.05, 0) is 27.8 Å². The van der Waals surface area contributed by atoms with Crippen LogP contribution >= 0.6 is 0 Å². The lowest BCUT2D eigenvalue weighted by Gasteiger charge is -2.25. The first-order valence-corrected chi connectivity index (χ1v) is 5.79. The van der Waals surface area contributed by atoms with Gasteiger partial charge in [0.25, 0.3) is 0 Å². The standard InChI is InChI=1S/C12H23NO3/c1-9(14)16-11-6-10(13(5)7-11)8-15-12(2,3)4/h10-11H,6-8H2,1-5H3. The molecule has 0 saturated carbocycles. The predicted molar refractivity (Wildman–Crippen MR) is 62.3 cm³/mol. The second-order valence-electron chi connectivity index (χ2n) is 5.48. The molecule has 94 valence electrons. The summed E-state index contributed by atoms with van der Waals surface area (Å²) >= 11 is 0. The molecule has 0 bridgehead atoms. The lowest BCUT2D eigenvalue weighted by molar-refractivity contribution is -0.145. The molecule has 0 aromatic heterocycles. The van der Waals surface area contributed by atoms with Gasteiger partial charge in [0.1, 0.15) is 6.10 Å². The van der Waals surface area contributed by atoms with Crippen LogP contribution in [0, 0.1) is 0 Å². The zero-order chi connectivity index (χ0) is 12.3. The molecule has 16 heavy (non-hydrogen) atoms. The Balaban J connectivity index is 2.36. The van der Waals surface area contributed by atoms with Crippen molar-refractivity contribution in [3.8, 4) is 0 Å². The fraction of sp³-hybridized carbons (Fsp3) is 0.917. The van der Waals surface area contributed by atoms with E-state index in [9.17, 15) is 4.79 Å². The van der Waals surface area contributed by atoms with E-state index in [2.05, 4.69) is 4.90 Å². The molecule has 0 amide bonds. The first-order valence-electron chi connectivity index (χ1n) is 5.79. The molecule has 1 aliphatic rings. The average molecular weight is 229 g/mol. The van der Waals surface area contributed by atoms with E-state index in [1.165, 1.54) is 6.92 Å². The van der Waals surface area contributed by atoms with Crippen LogP contribution in [0.25, 0.3) is 0 Å². The van der Waals surface area contributed by atoms with Crippen molar-refractivity contribution in [3.63, 3.8) is 0 Å². The number of hydrogen-bond acceptors (Lipinski definition) is 4. The van der Waals surface area contributed by atoms with E-state index < -0.39 is 0 Å². The predicted octanol–water partition coefficient (Wildman–Crippen LogP) is 1.44. The largest absolute Gasteiger partial charge is 0.461 e. The molecular formula is C12H23NO3. The Bertz CT molecular complexity index is 247. The highest BCUT2D eigenvalue weighted by molar-refractivity contribution is 5.66. The normalized spacial score (nSPS) is 27.1. The summed E-state index contributed by atoms with van der Waals surface area (Å²) in [6.07, 6.45) is 0.891. The summed E-state index contributed by atoms with van der Waals surface area (Å²) < 4.78 is 11.0. The zero-order valence-corrected chi connectivity index (χ0v) is 10.9. The molecule has 1 fully saturated rings. The van der Waals surface area contributed by atoms with Crippen LogP contribution < -0.4 is 0 Å². The fourth-order valence-corrected chi connectivity index (χ4v) is 1.89. The Hall–Kier alpha value is -0.610. The quantitative estimate of drug-likeness (QED) is 0.686. The molecule has 0 spiro atoms. The number of ether oxygens (including phenoxy) is 2. The third-order valence-electron chi connectivity index (χ3n) is 2.69. The van der Waals surface area contributed by atoms with E-state index in [0.717, 1.165) is 13.0 Å². The lowest BCUT2D eigenvalue weighted by atomic mass is 10.1. The van der Waals surface area contributed by atoms with Crippen molar-refractivity contribution in [2.75, 3.05) is 20.2 Å². The molecule has 0 aliphatic carbocycles. The number of likely N-dealkylation sites (tertiary alicyclic amines) is 1. The van der Waals surface area contributed by atoms with Crippen LogP contribution in [0.3, 0.4) is 0 Å². The molecule has 1 rings (SSSR count). The van der Waals surface area contributed by atoms with Crippen LogP contribution in [0.15, 0.2) is 0 Å². The highest BCUT2D eigenvalue weighted by atomic mass is 16.5. The van der Waals surface area contributed by atoms with Crippen molar-refractivity contribution in [1.29, 1.82) is 0 Å². The number of nitrogens with zero attached hydrogens (tertiary/aromatic N) is 1. The van der Waals surface area contributed by atoms with Crippen molar-refractivity contribution in [2.45, 2.75) is 51.9 Å². The second-order valence-corrected chi connectivity index (χ2v) is 5.48. The number of carbonyl (C=O) groups excluding carboxylic acids is 1. The summed E-state index contributed by atoms with van der Waals surface area (Å²) in [5.41, 5.74) is -0.111. The Morgan fingerprint density at radius 1 is 1.44 bits per heavy atom. The fourth-order valence-electron chi connectivity index (χ4n) is 1.89. The molecule has 0 N–H and O–H groups in total. The third-order valence-corrected chi connectivity index (χ3v) is 2.69. The van der Waals surface area contributed by atoms with Gasteiger partial charge in [-0.15, -0.1) is 0 Å². The highest BCUT2D eigenvalue weighted by Crippen LogP contribution is 2.20. The first-order chi connectivity index (χ1) is 7.28. The van der Waals surface area contributed by atoms with Gasteiger partial charge in [0.2, 0.25) is 0 Å². The van der Waals surface area contributed by atoms with Gasteiger partial charge in [-0.3, -0.25) is 9.69 Å². The maximum atomic E-state index is 10.9. The molecule has 2 atom stereocenters. The SMILES string of the molecule is CC(=O)OC1CC(COC(C)(C)C)N(C)C1. The Morgan fingerprint density at radius 2 is 2.06 bits per heavy atom. The van der Waals surface area contributed by atoms with Crippen LogP contribution in [-0.4, -0.2) is 48.8 Å². The van der Waals surface area contributed by atoms with Gasteiger partial charge in [0.15, 0.2) is 0 Å². The summed E-state index contributed by atoms with van der Waals surface area (Å²) in [5, 5.41) is 0. The molecular weight excluding hydrogens is 206 g/mol. The van der Waals surface area contributed by atoms with E-state index in [4.69, 9.17) is 9.47 Å². The number of carbonyl (C=O) groups is 1. The Morgan fingerprint density at radius 3 is 2.56 bits per heavy atom. The van der Waals surface area contributed by atoms with E-state index >= 15 is 0 Å². The van der Waals surface area contributed by atoms with E-state index in [1.807, 2.05) is 27.8 Å². The van der Waals surface area contributed by atoms with Crippen LogP contribution in [-0.2, 0) is 14.3 Å². The molecule has 2 unspecified atom stereocenters. The van der Waals surface area contributed by atoms with Crippen molar-refractivity contribution < 1.29 is 14.3 Å². The van der Waals surface area contributed by atoms with Gasteiger partial charge < -0.3 is 9.47 Å². The average Bonchev–Trinajstić information content (AvgIpc) is 2.40. The summed E-state index contributed by atoms with van der Waals surface area (Å²) in [6.45, 7) is 9.09. The van der Waals surface area contributed by atoms with Crippen LogP contribution in [0.5, 0.6) is 0 Å². The lowest BCUT2D eigenvalue weighted by Crippen LogP contribution is -2.33. The zero-order valence-electron chi connectivity index (χ0n) is 10.9. The Labute approximate surface area is 97.9 Å². The molecule has 1 saturated heterocycles.